The Bertz CT molecular complexity index is 596. The van der Waals surface area contributed by atoms with Crippen molar-refractivity contribution in [3.8, 4) is 0 Å². The Labute approximate surface area is 138 Å². The summed E-state index contributed by atoms with van der Waals surface area (Å²) in [5.74, 6) is 0. The van der Waals surface area contributed by atoms with Gasteiger partial charge < -0.3 is 9.64 Å². The third-order valence-corrected chi connectivity index (χ3v) is 4.04. The number of benzene rings is 1. The fourth-order valence-electron chi connectivity index (χ4n) is 2.70. The Balaban J connectivity index is 2.19. The number of nitrogens with zero attached hydrogens (tertiary/aromatic N) is 3. The summed E-state index contributed by atoms with van der Waals surface area (Å²) >= 11 is 0. The van der Waals surface area contributed by atoms with Crippen LogP contribution in [0.25, 0.3) is 5.70 Å². The van der Waals surface area contributed by atoms with Crippen molar-refractivity contribution in [1.29, 1.82) is 0 Å². The number of urea groups is 1. The summed E-state index contributed by atoms with van der Waals surface area (Å²) < 4.78 is 5.92. The quantitative estimate of drug-likeness (QED) is 0.797. The van der Waals surface area contributed by atoms with E-state index in [-0.39, 0.29) is 12.1 Å². The highest BCUT2D eigenvalue weighted by molar-refractivity contribution is 5.79. The molecule has 1 saturated heterocycles. The Kier molecular flexibility index (Phi) is 5.21. The smallest absolute Gasteiger partial charge is 0.326 e. The van der Waals surface area contributed by atoms with Crippen molar-refractivity contribution in [3.63, 3.8) is 0 Å². The second kappa shape index (κ2) is 6.96. The summed E-state index contributed by atoms with van der Waals surface area (Å²) in [7, 11) is 1.73. The first-order valence-corrected chi connectivity index (χ1v) is 7.85. The van der Waals surface area contributed by atoms with Crippen LogP contribution in [-0.2, 0) is 4.74 Å². The summed E-state index contributed by atoms with van der Waals surface area (Å²) in [6, 6.07) is 9.57. The minimum absolute atomic E-state index is 0.0810. The lowest BCUT2D eigenvalue weighted by Gasteiger charge is -2.32. The van der Waals surface area contributed by atoms with Gasteiger partial charge in [-0.25, -0.2) is 4.79 Å². The van der Waals surface area contributed by atoms with Crippen LogP contribution in [0.1, 0.15) is 32.8 Å². The number of hydrogen-bond acceptors (Lipinski definition) is 3. The predicted octanol–water partition coefficient (Wildman–Crippen LogP) is 3.58. The highest BCUT2D eigenvalue weighted by atomic mass is 16.5. The van der Waals surface area contributed by atoms with E-state index in [9.17, 15) is 4.79 Å². The van der Waals surface area contributed by atoms with Gasteiger partial charge in [0.25, 0.3) is 0 Å². The first kappa shape index (κ1) is 17.2. The lowest BCUT2D eigenvalue weighted by molar-refractivity contribution is -0.0630. The molecule has 5 nitrogen and oxygen atoms in total. The van der Waals surface area contributed by atoms with Gasteiger partial charge in [0.2, 0.25) is 0 Å². The minimum Gasteiger partial charge on any atom is -0.351 e. The zero-order chi connectivity index (χ0) is 17.0. The number of aliphatic imine (C=N–C) groups is 1. The molecule has 0 saturated carbocycles. The van der Waals surface area contributed by atoms with Crippen LogP contribution in [0.4, 0.5) is 4.79 Å². The van der Waals surface area contributed by atoms with Gasteiger partial charge in [-0.2, -0.15) is 0 Å². The lowest BCUT2D eigenvalue weighted by atomic mass is 10.2. The van der Waals surface area contributed by atoms with Crippen LogP contribution < -0.4 is 0 Å². The fraction of sp³-hybridized carbons (Fsp3) is 0.444. The zero-order valence-corrected chi connectivity index (χ0v) is 14.3. The normalized spacial score (nSPS) is 20.4. The second-order valence-corrected chi connectivity index (χ2v) is 6.14. The molecule has 1 unspecified atom stereocenters. The van der Waals surface area contributed by atoms with Crippen molar-refractivity contribution in [3.05, 3.63) is 42.1 Å². The van der Waals surface area contributed by atoms with Crippen molar-refractivity contribution >= 4 is 18.4 Å². The Morgan fingerprint density at radius 3 is 2.65 bits per heavy atom. The lowest BCUT2D eigenvalue weighted by Crippen LogP contribution is -2.47. The van der Waals surface area contributed by atoms with Gasteiger partial charge in [-0.3, -0.25) is 9.89 Å². The zero-order valence-electron chi connectivity index (χ0n) is 14.3. The van der Waals surface area contributed by atoms with E-state index < -0.39 is 5.72 Å². The molecule has 1 aromatic carbocycles. The molecule has 0 aromatic heterocycles. The van der Waals surface area contributed by atoms with Crippen LogP contribution in [0.15, 0.2) is 41.5 Å². The van der Waals surface area contributed by atoms with E-state index in [2.05, 4.69) is 18.6 Å². The van der Waals surface area contributed by atoms with Gasteiger partial charge in [0, 0.05) is 18.8 Å². The topological polar surface area (TPSA) is 45.1 Å². The summed E-state index contributed by atoms with van der Waals surface area (Å²) in [6.07, 6.45) is 2.67. The SMILES string of the molecule is C=NC(=CN(C)C(=O)N1CC(CC)OC1(C)C)c1ccccc1. The van der Waals surface area contributed by atoms with E-state index in [4.69, 9.17) is 4.74 Å². The average molecular weight is 315 g/mol. The van der Waals surface area contributed by atoms with Crippen LogP contribution in [0.3, 0.4) is 0 Å². The maximum Gasteiger partial charge on any atom is 0.326 e. The van der Waals surface area contributed by atoms with Crippen molar-refractivity contribution in [2.75, 3.05) is 13.6 Å². The summed E-state index contributed by atoms with van der Waals surface area (Å²) in [5.41, 5.74) is 0.978. The van der Waals surface area contributed by atoms with Gasteiger partial charge in [-0.1, -0.05) is 37.3 Å². The van der Waals surface area contributed by atoms with Gasteiger partial charge in [-0.05, 0) is 27.0 Å². The molecule has 1 aliphatic heterocycles. The molecule has 1 aliphatic rings. The Morgan fingerprint density at radius 1 is 1.48 bits per heavy atom. The molecule has 1 aromatic rings. The molecule has 2 amide bonds. The fourth-order valence-corrected chi connectivity index (χ4v) is 2.70. The third kappa shape index (κ3) is 3.79. The van der Waals surface area contributed by atoms with E-state index in [1.807, 2.05) is 44.2 Å². The largest absolute Gasteiger partial charge is 0.351 e. The van der Waals surface area contributed by atoms with Gasteiger partial charge in [-0.15, -0.1) is 0 Å². The van der Waals surface area contributed by atoms with E-state index in [0.29, 0.717) is 12.2 Å². The van der Waals surface area contributed by atoms with Crippen LogP contribution >= 0.6 is 0 Å². The summed E-state index contributed by atoms with van der Waals surface area (Å²) in [5, 5.41) is 0. The highest BCUT2D eigenvalue weighted by Crippen LogP contribution is 2.29. The summed E-state index contributed by atoms with van der Waals surface area (Å²) in [6.45, 7) is 10.1. The number of amides is 2. The molecule has 124 valence electrons. The maximum absolute atomic E-state index is 12.8. The molecule has 1 atom stereocenters. The van der Waals surface area contributed by atoms with Gasteiger partial charge in [0.05, 0.1) is 18.3 Å². The molecule has 1 fully saturated rings. The molecule has 0 spiro atoms. The molecular formula is C18H25N3O2. The first-order valence-electron chi connectivity index (χ1n) is 7.85. The highest BCUT2D eigenvalue weighted by Gasteiger charge is 2.42. The van der Waals surface area contributed by atoms with Crippen LogP contribution in [0.2, 0.25) is 0 Å². The predicted molar refractivity (Wildman–Crippen MR) is 93.1 cm³/mol. The molecule has 0 N–H and O–H groups in total. The van der Waals surface area contributed by atoms with Crippen LogP contribution in [0, 0.1) is 0 Å². The van der Waals surface area contributed by atoms with E-state index >= 15 is 0 Å². The maximum atomic E-state index is 12.8. The second-order valence-electron chi connectivity index (χ2n) is 6.14. The third-order valence-electron chi connectivity index (χ3n) is 4.04. The van der Waals surface area contributed by atoms with Gasteiger partial charge in [0.1, 0.15) is 5.72 Å². The van der Waals surface area contributed by atoms with Gasteiger partial charge in [0.15, 0.2) is 0 Å². The monoisotopic (exact) mass is 315 g/mol. The average Bonchev–Trinajstić information content (AvgIpc) is 2.87. The van der Waals surface area contributed by atoms with Crippen LogP contribution in [-0.4, -0.2) is 48.0 Å². The van der Waals surface area contributed by atoms with Gasteiger partial charge >= 0.3 is 6.03 Å². The molecular weight excluding hydrogens is 290 g/mol. The Hall–Kier alpha value is -2.14. The van der Waals surface area contributed by atoms with Crippen molar-refractivity contribution in [1.82, 2.24) is 9.80 Å². The molecule has 0 bridgehead atoms. The molecule has 0 aliphatic carbocycles. The summed E-state index contributed by atoms with van der Waals surface area (Å²) in [4.78, 5) is 20.1. The van der Waals surface area contributed by atoms with Crippen LogP contribution in [0.5, 0.6) is 0 Å². The minimum atomic E-state index is -0.603. The molecule has 0 radical (unpaired) electrons. The standard InChI is InChI=1S/C18H25N3O2/c1-6-15-12-21(18(2,3)23-15)17(22)20(5)13-16(19-4)14-10-8-7-9-11-14/h7-11,13,15H,4,6,12H2,1-3,5H3. The molecule has 2 rings (SSSR count). The number of ether oxygens (including phenoxy) is 1. The molecule has 1 heterocycles. The first-order chi connectivity index (χ1) is 10.9. The number of carbonyl (C=O) groups is 1. The number of carbonyl (C=O) groups excluding carboxylic acids is 1. The van der Waals surface area contributed by atoms with Crippen molar-refractivity contribution in [2.45, 2.75) is 39.0 Å². The molecule has 23 heavy (non-hydrogen) atoms. The number of hydrogen-bond donors (Lipinski definition) is 0. The van der Waals surface area contributed by atoms with E-state index in [0.717, 1.165) is 12.0 Å². The van der Waals surface area contributed by atoms with Crippen molar-refractivity contribution < 1.29 is 9.53 Å². The number of rotatable bonds is 4. The molecule has 5 heteroatoms. The Morgan fingerprint density at radius 2 is 2.13 bits per heavy atom. The van der Waals surface area contributed by atoms with E-state index in [1.54, 1.807) is 23.0 Å². The van der Waals surface area contributed by atoms with Crippen molar-refractivity contribution in [2.24, 2.45) is 4.99 Å². The van der Waals surface area contributed by atoms with E-state index in [1.165, 1.54) is 0 Å².